The van der Waals surface area contributed by atoms with E-state index >= 15 is 0 Å². The molecule has 21 heavy (non-hydrogen) atoms. The van der Waals surface area contributed by atoms with E-state index in [1.165, 1.54) is 17.6 Å². The van der Waals surface area contributed by atoms with Gasteiger partial charge in [0.15, 0.2) is 0 Å². The highest BCUT2D eigenvalue weighted by Crippen LogP contribution is 2.26. The molecule has 7 heteroatoms. The largest absolute Gasteiger partial charge is 0.352 e. The molecule has 1 atom stereocenters. The molecule has 2 rings (SSSR count). The predicted octanol–water partition coefficient (Wildman–Crippen LogP) is 1.10. The second-order valence-corrected chi connectivity index (χ2v) is 8.20. The summed E-state index contributed by atoms with van der Waals surface area (Å²) in [5, 5.41) is 2.84. The average Bonchev–Trinajstić information content (AvgIpc) is 2.47. The molecule has 6 nitrogen and oxygen atoms in total. The smallest absolute Gasteiger partial charge is 0.282 e. The topological polar surface area (TPSA) is 69.7 Å². The van der Waals surface area contributed by atoms with E-state index in [0.29, 0.717) is 13.1 Å². The maximum Gasteiger partial charge on any atom is 0.282 e. The van der Waals surface area contributed by atoms with Gasteiger partial charge in [-0.05, 0) is 25.7 Å². The van der Waals surface area contributed by atoms with E-state index in [9.17, 15) is 13.2 Å². The lowest BCUT2D eigenvalue weighted by atomic mass is 9.96. The lowest BCUT2D eigenvalue weighted by molar-refractivity contribution is -0.119. The van der Waals surface area contributed by atoms with Crippen molar-refractivity contribution in [1.29, 1.82) is 0 Å². The van der Waals surface area contributed by atoms with Gasteiger partial charge in [0.2, 0.25) is 5.91 Å². The number of hydrogen-bond donors (Lipinski definition) is 1. The lowest BCUT2D eigenvalue weighted by Crippen LogP contribution is -2.54. The fourth-order valence-electron chi connectivity index (χ4n) is 3.37. The first kappa shape index (κ1) is 16.7. The minimum absolute atomic E-state index is 0.0641. The van der Waals surface area contributed by atoms with Crippen molar-refractivity contribution in [3.8, 4) is 0 Å². The van der Waals surface area contributed by atoms with Crippen molar-refractivity contribution in [2.24, 2.45) is 0 Å². The Labute approximate surface area is 128 Å². The highest BCUT2D eigenvalue weighted by Gasteiger charge is 2.35. The highest BCUT2D eigenvalue weighted by molar-refractivity contribution is 7.86. The Kier molecular flexibility index (Phi) is 5.62. The van der Waals surface area contributed by atoms with Gasteiger partial charge in [0.25, 0.3) is 10.2 Å². The molecule has 0 aromatic heterocycles. The zero-order valence-electron chi connectivity index (χ0n) is 13.0. The molecule has 2 aliphatic rings. The molecule has 0 spiro atoms. The first-order valence-corrected chi connectivity index (χ1v) is 9.31. The molecule has 1 N–H and O–H groups in total. The van der Waals surface area contributed by atoms with Gasteiger partial charge in [-0.15, -0.1) is 0 Å². The molecule has 1 heterocycles. The molecule has 1 saturated heterocycles. The molecule has 0 radical (unpaired) electrons. The van der Waals surface area contributed by atoms with Crippen molar-refractivity contribution in [1.82, 2.24) is 13.9 Å². The number of nitrogens with zero attached hydrogens (tertiary/aromatic N) is 2. The Morgan fingerprint density at radius 3 is 2.43 bits per heavy atom. The summed E-state index contributed by atoms with van der Waals surface area (Å²) in [6, 6.07) is 0.0654. The molecule has 0 aromatic rings. The van der Waals surface area contributed by atoms with E-state index in [4.69, 9.17) is 0 Å². The summed E-state index contributed by atoms with van der Waals surface area (Å²) in [5.41, 5.74) is 0. The molecule has 1 aliphatic heterocycles. The molecule has 1 saturated carbocycles. The fourth-order valence-corrected chi connectivity index (χ4v) is 5.05. The molecule has 0 bridgehead atoms. The number of rotatable bonds is 4. The van der Waals surface area contributed by atoms with E-state index in [2.05, 4.69) is 5.32 Å². The van der Waals surface area contributed by atoms with Crippen LogP contribution in [-0.2, 0) is 15.0 Å². The zero-order chi connectivity index (χ0) is 15.5. The van der Waals surface area contributed by atoms with Crippen molar-refractivity contribution in [3.63, 3.8) is 0 Å². The maximum atomic E-state index is 12.8. The number of carbonyl (C=O) groups is 1. The number of amides is 1. The van der Waals surface area contributed by atoms with Crippen molar-refractivity contribution >= 4 is 16.1 Å². The molecule has 2 fully saturated rings. The van der Waals surface area contributed by atoms with Crippen LogP contribution in [0.3, 0.4) is 0 Å². The van der Waals surface area contributed by atoms with Gasteiger partial charge < -0.3 is 5.32 Å². The summed E-state index contributed by atoms with van der Waals surface area (Å²) < 4.78 is 28.6. The SMILES string of the molecule is CC(=O)N[C@H]1CCCN(S(=O)(=O)N(C)C2CCCCC2)C1. The normalized spacial score (nSPS) is 26.0. The van der Waals surface area contributed by atoms with Crippen molar-refractivity contribution < 1.29 is 13.2 Å². The van der Waals surface area contributed by atoms with Crippen LogP contribution in [0, 0.1) is 0 Å². The molecular weight excluding hydrogens is 290 g/mol. The summed E-state index contributed by atoms with van der Waals surface area (Å²) in [6.07, 6.45) is 6.98. The number of carbonyl (C=O) groups excluding carboxylic acids is 1. The number of hydrogen-bond acceptors (Lipinski definition) is 3. The van der Waals surface area contributed by atoms with Crippen molar-refractivity contribution in [3.05, 3.63) is 0 Å². The van der Waals surface area contributed by atoms with E-state index < -0.39 is 10.2 Å². The third-order valence-electron chi connectivity index (χ3n) is 4.57. The molecule has 0 unspecified atom stereocenters. The van der Waals surface area contributed by atoms with Gasteiger partial charge in [-0.1, -0.05) is 19.3 Å². The molecule has 0 aromatic carbocycles. The Bertz CT molecular complexity index is 460. The maximum absolute atomic E-state index is 12.8. The molecule has 1 aliphatic carbocycles. The first-order chi connectivity index (χ1) is 9.91. The lowest BCUT2D eigenvalue weighted by Gasteiger charge is -2.38. The third kappa shape index (κ3) is 4.17. The monoisotopic (exact) mass is 317 g/mol. The Morgan fingerprint density at radius 2 is 1.81 bits per heavy atom. The van der Waals surface area contributed by atoms with Crippen LogP contribution in [0.5, 0.6) is 0 Å². The van der Waals surface area contributed by atoms with Crippen LogP contribution < -0.4 is 5.32 Å². The summed E-state index contributed by atoms with van der Waals surface area (Å²) in [4.78, 5) is 11.2. The first-order valence-electron chi connectivity index (χ1n) is 7.91. The zero-order valence-corrected chi connectivity index (χ0v) is 13.9. The van der Waals surface area contributed by atoms with Gasteiger partial charge in [-0.2, -0.15) is 17.0 Å². The van der Waals surface area contributed by atoms with Gasteiger partial charge >= 0.3 is 0 Å². The van der Waals surface area contributed by atoms with E-state index in [1.54, 1.807) is 11.4 Å². The van der Waals surface area contributed by atoms with Crippen LogP contribution in [0.4, 0.5) is 0 Å². The van der Waals surface area contributed by atoms with Crippen molar-refractivity contribution in [2.75, 3.05) is 20.1 Å². The van der Waals surface area contributed by atoms with Crippen LogP contribution in [-0.4, -0.2) is 55.2 Å². The van der Waals surface area contributed by atoms with Gasteiger partial charge in [0, 0.05) is 39.1 Å². The van der Waals surface area contributed by atoms with Crippen molar-refractivity contribution in [2.45, 2.75) is 64.0 Å². The predicted molar refractivity (Wildman–Crippen MR) is 82.0 cm³/mol. The second-order valence-electron chi connectivity index (χ2n) is 6.21. The number of nitrogens with one attached hydrogen (secondary N) is 1. The summed E-state index contributed by atoms with van der Waals surface area (Å²) in [7, 11) is -1.71. The minimum atomic E-state index is -3.42. The number of piperidine rings is 1. The summed E-state index contributed by atoms with van der Waals surface area (Å²) >= 11 is 0. The molecular formula is C14H27N3O3S. The Balaban J connectivity index is 2.01. The van der Waals surface area contributed by atoms with Crippen LogP contribution in [0.2, 0.25) is 0 Å². The van der Waals surface area contributed by atoms with Crippen LogP contribution in [0.25, 0.3) is 0 Å². The van der Waals surface area contributed by atoms with E-state index in [1.807, 2.05) is 0 Å². The van der Waals surface area contributed by atoms with Gasteiger partial charge in [-0.25, -0.2) is 0 Å². The quantitative estimate of drug-likeness (QED) is 0.844. The van der Waals surface area contributed by atoms with E-state index in [0.717, 1.165) is 38.5 Å². The van der Waals surface area contributed by atoms with Gasteiger partial charge in [-0.3, -0.25) is 4.79 Å². The Hall–Kier alpha value is -0.660. The minimum Gasteiger partial charge on any atom is -0.352 e. The second kappa shape index (κ2) is 7.07. The van der Waals surface area contributed by atoms with Gasteiger partial charge in [0.05, 0.1) is 0 Å². The van der Waals surface area contributed by atoms with Crippen LogP contribution >= 0.6 is 0 Å². The van der Waals surface area contributed by atoms with Crippen LogP contribution in [0.1, 0.15) is 51.9 Å². The van der Waals surface area contributed by atoms with Gasteiger partial charge in [0.1, 0.15) is 0 Å². The summed E-state index contributed by atoms with van der Waals surface area (Å²) in [6.45, 7) is 2.41. The standard InChI is InChI=1S/C14H27N3O3S/c1-12(18)15-13-7-6-10-17(11-13)21(19,20)16(2)14-8-4-3-5-9-14/h13-14H,3-11H2,1-2H3,(H,15,18)/t13-/m0/s1. The fraction of sp³-hybridized carbons (Fsp3) is 0.929. The third-order valence-corrected chi connectivity index (χ3v) is 6.58. The molecule has 122 valence electrons. The molecule has 1 amide bonds. The van der Waals surface area contributed by atoms with E-state index in [-0.39, 0.29) is 18.0 Å². The van der Waals surface area contributed by atoms with Crippen LogP contribution in [0.15, 0.2) is 0 Å². The Morgan fingerprint density at radius 1 is 1.14 bits per heavy atom. The average molecular weight is 317 g/mol. The highest BCUT2D eigenvalue weighted by atomic mass is 32.2. The summed E-state index contributed by atoms with van der Waals surface area (Å²) in [5.74, 6) is -0.0973.